The summed E-state index contributed by atoms with van der Waals surface area (Å²) < 4.78 is 5.07. The molecule has 1 saturated heterocycles. The summed E-state index contributed by atoms with van der Waals surface area (Å²) in [5.74, 6) is 1.44. The normalized spacial score (nSPS) is 16.8. The molecule has 1 aliphatic rings. The lowest BCUT2D eigenvalue weighted by Crippen LogP contribution is -2.32. The highest BCUT2D eigenvalue weighted by molar-refractivity contribution is 5.76. The predicted molar refractivity (Wildman–Crippen MR) is 68.0 cm³/mol. The summed E-state index contributed by atoms with van der Waals surface area (Å²) in [7, 11) is 0. The van der Waals surface area contributed by atoms with Gasteiger partial charge in [0.15, 0.2) is 0 Å². The number of hydrogen-bond donors (Lipinski definition) is 2. The predicted octanol–water partition coefficient (Wildman–Crippen LogP) is 1.30. The minimum absolute atomic E-state index is 0.127. The fourth-order valence-corrected chi connectivity index (χ4v) is 2.36. The van der Waals surface area contributed by atoms with Crippen LogP contribution in [0.15, 0.2) is 4.52 Å². The van der Waals surface area contributed by atoms with E-state index in [4.69, 9.17) is 4.52 Å². The summed E-state index contributed by atoms with van der Waals surface area (Å²) in [6, 6.07) is 0. The van der Waals surface area contributed by atoms with Crippen molar-refractivity contribution >= 4 is 5.91 Å². The van der Waals surface area contributed by atoms with E-state index in [1.165, 1.54) is 0 Å². The van der Waals surface area contributed by atoms with E-state index in [0.717, 1.165) is 42.9 Å². The Hall–Kier alpha value is -1.36. The second-order valence-electron chi connectivity index (χ2n) is 4.98. The number of carbonyl (C=O) groups is 1. The molecule has 100 valence electrons. The minimum Gasteiger partial charge on any atom is -0.361 e. The molecule has 5 heteroatoms. The fraction of sp³-hybridized carbons (Fsp3) is 0.692. The lowest BCUT2D eigenvalue weighted by atomic mass is 9.94. The van der Waals surface area contributed by atoms with Crippen LogP contribution in [0.1, 0.15) is 36.3 Å². The monoisotopic (exact) mass is 251 g/mol. The van der Waals surface area contributed by atoms with Crippen LogP contribution in [0.4, 0.5) is 0 Å². The molecule has 0 radical (unpaired) electrons. The van der Waals surface area contributed by atoms with Crippen molar-refractivity contribution in [3.05, 3.63) is 17.0 Å². The molecular weight excluding hydrogens is 230 g/mol. The highest BCUT2D eigenvalue weighted by atomic mass is 16.5. The number of aromatic nitrogens is 1. The number of amides is 1. The van der Waals surface area contributed by atoms with E-state index in [2.05, 4.69) is 15.8 Å². The van der Waals surface area contributed by atoms with Crippen molar-refractivity contribution in [2.45, 2.75) is 39.7 Å². The van der Waals surface area contributed by atoms with Crippen LogP contribution in [-0.4, -0.2) is 24.2 Å². The summed E-state index contributed by atoms with van der Waals surface area (Å²) in [4.78, 5) is 11.8. The van der Waals surface area contributed by atoms with Crippen LogP contribution < -0.4 is 10.6 Å². The molecular formula is C13H21N3O2. The second-order valence-corrected chi connectivity index (χ2v) is 4.98. The van der Waals surface area contributed by atoms with Crippen LogP contribution in [0.25, 0.3) is 0 Å². The van der Waals surface area contributed by atoms with Gasteiger partial charge in [-0.05, 0) is 45.7 Å². The van der Waals surface area contributed by atoms with Gasteiger partial charge in [0.05, 0.1) is 5.69 Å². The average Bonchev–Trinajstić information content (AvgIpc) is 2.68. The zero-order valence-corrected chi connectivity index (χ0v) is 11.1. The van der Waals surface area contributed by atoms with Crippen LogP contribution in [0.2, 0.25) is 0 Å². The summed E-state index contributed by atoms with van der Waals surface area (Å²) in [5.41, 5.74) is 1.85. The van der Waals surface area contributed by atoms with Crippen molar-refractivity contribution in [1.82, 2.24) is 15.8 Å². The summed E-state index contributed by atoms with van der Waals surface area (Å²) in [6.07, 6.45) is 2.82. The molecule has 2 heterocycles. The summed E-state index contributed by atoms with van der Waals surface area (Å²) in [5, 5.41) is 10.1. The maximum absolute atomic E-state index is 11.8. The molecule has 0 aliphatic carbocycles. The van der Waals surface area contributed by atoms with E-state index in [9.17, 15) is 4.79 Å². The van der Waals surface area contributed by atoms with E-state index in [1.54, 1.807) is 0 Å². The number of piperidine rings is 1. The topological polar surface area (TPSA) is 67.2 Å². The number of aryl methyl sites for hydroxylation is 2. The molecule has 0 atom stereocenters. The first kappa shape index (κ1) is 13.1. The van der Waals surface area contributed by atoms with Gasteiger partial charge in [-0.3, -0.25) is 4.79 Å². The lowest BCUT2D eigenvalue weighted by Gasteiger charge is -2.21. The van der Waals surface area contributed by atoms with Gasteiger partial charge in [0, 0.05) is 18.5 Å². The van der Waals surface area contributed by atoms with Crippen molar-refractivity contribution in [3.63, 3.8) is 0 Å². The highest BCUT2D eigenvalue weighted by Crippen LogP contribution is 2.16. The Morgan fingerprint density at radius 2 is 2.17 bits per heavy atom. The van der Waals surface area contributed by atoms with Gasteiger partial charge in [-0.2, -0.15) is 0 Å². The van der Waals surface area contributed by atoms with Gasteiger partial charge in [-0.25, -0.2) is 0 Å². The minimum atomic E-state index is 0.127. The third-order valence-electron chi connectivity index (χ3n) is 3.58. The molecule has 0 spiro atoms. The zero-order chi connectivity index (χ0) is 13.0. The van der Waals surface area contributed by atoms with E-state index in [0.29, 0.717) is 18.9 Å². The molecule has 0 aromatic carbocycles. The average molecular weight is 251 g/mol. The zero-order valence-electron chi connectivity index (χ0n) is 11.1. The first-order valence-electron chi connectivity index (χ1n) is 6.56. The molecule has 1 amide bonds. The Morgan fingerprint density at radius 3 is 2.78 bits per heavy atom. The van der Waals surface area contributed by atoms with Crippen LogP contribution >= 0.6 is 0 Å². The van der Waals surface area contributed by atoms with Gasteiger partial charge < -0.3 is 15.2 Å². The van der Waals surface area contributed by atoms with Gasteiger partial charge in [0.1, 0.15) is 5.76 Å². The molecule has 0 unspecified atom stereocenters. The molecule has 0 saturated carbocycles. The van der Waals surface area contributed by atoms with E-state index in [1.807, 2.05) is 13.8 Å². The van der Waals surface area contributed by atoms with Crippen LogP contribution in [-0.2, 0) is 11.3 Å². The molecule has 2 N–H and O–H groups in total. The number of rotatable bonds is 4. The Kier molecular flexibility index (Phi) is 4.36. The van der Waals surface area contributed by atoms with Crippen molar-refractivity contribution in [3.8, 4) is 0 Å². The Balaban J connectivity index is 1.77. The first-order valence-corrected chi connectivity index (χ1v) is 6.56. The molecule has 2 rings (SSSR count). The fourth-order valence-electron chi connectivity index (χ4n) is 2.36. The largest absolute Gasteiger partial charge is 0.361 e. The van der Waals surface area contributed by atoms with E-state index < -0.39 is 0 Å². The van der Waals surface area contributed by atoms with Crippen LogP contribution in [0.5, 0.6) is 0 Å². The third-order valence-corrected chi connectivity index (χ3v) is 3.58. The van der Waals surface area contributed by atoms with E-state index in [-0.39, 0.29) is 5.91 Å². The number of carbonyl (C=O) groups excluding carboxylic acids is 1. The molecule has 0 bridgehead atoms. The highest BCUT2D eigenvalue weighted by Gasteiger charge is 2.17. The Labute approximate surface area is 107 Å². The molecule has 18 heavy (non-hydrogen) atoms. The molecule has 1 fully saturated rings. The SMILES string of the molecule is Cc1noc(C)c1CNC(=O)CC1CCNCC1. The van der Waals surface area contributed by atoms with Crippen molar-refractivity contribution in [2.24, 2.45) is 5.92 Å². The van der Waals surface area contributed by atoms with Crippen LogP contribution in [0, 0.1) is 19.8 Å². The summed E-state index contributed by atoms with van der Waals surface area (Å²) in [6.45, 7) is 6.34. The van der Waals surface area contributed by atoms with Crippen molar-refractivity contribution in [1.29, 1.82) is 0 Å². The number of hydrogen-bond acceptors (Lipinski definition) is 4. The second kappa shape index (κ2) is 6.00. The maximum Gasteiger partial charge on any atom is 0.220 e. The van der Waals surface area contributed by atoms with Crippen molar-refractivity contribution in [2.75, 3.05) is 13.1 Å². The smallest absolute Gasteiger partial charge is 0.220 e. The number of nitrogens with one attached hydrogen (secondary N) is 2. The number of nitrogens with zero attached hydrogens (tertiary/aromatic N) is 1. The maximum atomic E-state index is 11.8. The standard InChI is InChI=1S/C13H21N3O2/c1-9-12(10(2)18-16-9)8-15-13(17)7-11-3-5-14-6-4-11/h11,14H,3-8H2,1-2H3,(H,15,17). The Morgan fingerprint density at radius 1 is 1.44 bits per heavy atom. The lowest BCUT2D eigenvalue weighted by molar-refractivity contribution is -0.122. The van der Waals surface area contributed by atoms with Gasteiger partial charge >= 0.3 is 0 Å². The third kappa shape index (κ3) is 3.32. The van der Waals surface area contributed by atoms with Gasteiger partial charge in [0.2, 0.25) is 5.91 Å². The quantitative estimate of drug-likeness (QED) is 0.846. The van der Waals surface area contributed by atoms with Gasteiger partial charge in [0.25, 0.3) is 0 Å². The van der Waals surface area contributed by atoms with Gasteiger partial charge in [-0.15, -0.1) is 0 Å². The van der Waals surface area contributed by atoms with E-state index >= 15 is 0 Å². The Bertz CT molecular complexity index is 389. The summed E-state index contributed by atoms with van der Waals surface area (Å²) >= 11 is 0. The molecule has 1 aliphatic heterocycles. The first-order chi connectivity index (χ1) is 8.66. The van der Waals surface area contributed by atoms with Gasteiger partial charge in [-0.1, -0.05) is 5.16 Å². The van der Waals surface area contributed by atoms with Crippen molar-refractivity contribution < 1.29 is 9.32 Å². The molecule has 1 aromatic heterocycles. The van der Waals surface area contributed by atoms with Crippen LogP contribution in [0.3, 0.4) is 0 Å². The molecule has 1 aromatic rings. The molecule has 5 nitrogen and oxygen atoms in total.